The largest absolute Gasteiger partial charge is 0.454 e. The van der Waals surface area contributed by atoms with E-state index in [4.69, 9.17) is 28.9 Å². The van der Waals surface area contributed by atoms with Crippen molar-refractivity contribution in [3.05, 3.63) is 60.7 Å². The Balaban J connectivity index is 1.24. The summed E-state index contributed by atoms with van der Waals surface area (Å²) in [5.74, 6) is 3.19. The van der Waals surface area contributed by atoms with Crippen LogP contribution in [0, 0.1) is 0 Å². The molecule has 0 fully saturated rings. The fraction of sp³-hybridized carbons (Fsp3) is 0.192. The highest BCUT2D eigenvalue weighted by Gasteiger charge is 2.22. The molecule has 3 aromatic carbocycles. The molecule has 2 aliphatic heterocycles. The van der Waals surface area contributed by atoms with Crippen molar-refractivity contribution < 1.29 is 23.7 Å². The third kappa shape index (κ3) is 4.42. The summed E-state index contributed by atoms with van der Waals surface area (Å²) in [6.45, 7) is 2.36. The number of thioether (sulfide) groups is 1. The van der Waals surface area contributed by atoms with E-state index in [1.165, 1.54) is 11.8 Å². The minimum atomic E-state index is -0.394. The number of hydrogen-bond acceptors (Lipinski definition) is 9. The zero-order valence-electron chi connectivity index (χ0n) is 19.3. The van der Waals surface area contributed by atoms with Gasteiger partial charge in [0.2, 0.25) is 19.5 Å². The molecule has 9 nitrogen and oxygen atoms in total. The average molecular weight is 503 g/mol. The van der Waals surface area contributed by atoms with Crippen LogP contribution in [0.5, 0.6) is 23.0 Å². The molecule has 6 rings (SSSR count). The third-order valence-electron chi connectivity index (χ3n) is 5.77. The molecular formula is C26H22N4O5S. The predicted molar refractivity (Wildman–Crippen MR) is 137 cm³/mol. The predicted octanol–water partition coefficient (Wildman–Crippen LogP) is 5.34. The third-order valence-corrected chi connectivity index (χ3v) is 6.99. The van der Waals surface area contributed by atoms with E-state index in [0.717, 1.165) is 16.6 Å². The van der Waals surface area contributed by atoms with Crippen LogP contribution in [-0.2, 0) is 4.79 Å². The first-order chi connectivity index (χ1) is 17.7. The molecule has 0 unspecified atom stereocenters. The molecule has 1 aromatic heterocycles. The molecule has 3 heterocycles. The van der Waals surface area contributed by atoms with Crippen LogP contribution in [0.25, 0.3) is 10.9 Å². The molecular weight excluding hydrogens is 480 g/mol. The lowest BCUT2D eigenvalue weighted by molar-refractivity contribution is -0.115. The molecule has 0 saturated carbocycles. The van der Waals surface area contributed by atoms with Crippen molar-refractivity contribution in [3.63, 3.8) is 0 Å². The van der Waals surface area contributed by atoms with E-state index in [2.05, 4.69) is 10.6 Å². The van der Waals surface area contributed by atoms with Gasteiger partial charge in [-0.1, -0.05) is 30.8 Å². The van der Waals surface area contributed by atoms with Crippen molar-refractivity contribution in [2.45, 2.75) is 23.8 Å². The Labute approximate surface area is 211 Å². The summed E-state index contributed by atoms with van der Waals surface area (Å²) in [6.07, 6.45) is 0.599. The van der Waals surface area contributed by atoms with Crippen molar-refractivity contribution in [3.8, 4) is 23.0 Å². The van der Waals surface area contributed by atoms with E-state index < -0.39 is 5.25 Å². The maximum Gasteiger partial charge on any atom is 0.237 e. The van der Waals surface area contributed by atoms with Crippen LogP contribution in [0.3, 0.4) is 0 Å². The highest BCUT2D eigenvalue weighted by molar-refractivity contribution is 8.00. The van der Waals surface area contributed by atoms with E-state index >= 15 is 0 Å². The van der Waals surface area contributed by atoms with E-state index in [0.29, 0.717) is 46.1 Å². The Morgan fingerprint density at radius 3 is 2.31 bits per heavy atom. The molecule has 36 heavy (non-hydrogen) atoms. The molecule has 1 amide bonds. The number of rotatable bonds is 7. The van der Waals surface area contributed by atoms with E-state index in [-0.39, 0.29) is 19.5 Å². The number of para-hydroxylation sites is 1. The first-order valence-electron chi connectivity index (χ1n) is 11.5. The molecule has 4 aromatic rings. The van der Waals surface area contributed by atoms with Gasteiger partial charge in [0, 0.05) is 28.9 Å². The quantitative estimate of drug-likeness (QED) is 0.256. The fourth-order valence-electron chi connectivity index (χ4n) is 3.96. The monoisotopic (exact) mass is 502 g/mol. The first kappa shape index (κ1) is 22.3. The minimum Gasteiger partial charge on any atom is -0.454 e. The standard InChI is InChI=1S/C26H22N4O5S/c1-2-23(25(31)28-16-8-10-20-22(12-16)35-14-33-20)36-26-29-18-6-4-3-5-17(18)24(30-26)27-15-7-9-19-21(11-15)34-13-32-19/h3-12,23H,2,13-14H2,1H3,(H,28,31)(H,27,29,30)/t23-/m1/s1. The molecule has 1 atom stereocenters. The summed E-state index contributed by atoms with van der Waals surface area (Å²) >= 11 is 1.33. The second-order valence-electron chi connectivity index (χ2n) is 8.14. The Morgan fingerprint density at radius 1 is 0.889 bits per heavy atom. The smallest absolute Gasteiger partial charge is 0.237 e. The average Bonchev–Trinajstić information content (AvgIpc) is 3.56. The molecule has 0 radical (unpaired) electrons. The summed E-state index contributed by atoms with van der Waals surface area (Å²) in [6, 6.07) is 18.7. The van der Waals surface area contributed by atoms with Crippen molar-refractivity contribution in [2.24, 2.45) is 0 Å². The van der Waals surface area contributed by atoms with Gasteiger partial charge in [0.05, 0.1) is 10.8 Å². The number of anilines is 3. The first-order valence-corrected chi connectivity index (χ1v) is 12.3. The number of aromatic nitrogens is 2. The highest BCUT2D eigenvalue weighted by Crippen LogP contribution is 2.37. The van der Waals surface area contributed by atoms with Gasteiger partial charge in [0.25, 0.3) is 0 Å². The van der Waals surface area contributed by atoms with Crippen LogP contribution >= 0.6 is 11.8 Å². The van der Waals surface area contributed by atoms with Crippen molar-refractivity contribution >= 4 is 45.8 Å². The maximum atomic E-state index is 13.1. The van der Waals surface area contributed by atoms with Gasteiger partial charge in [-0.3, -0.25) is 4.79 Å². The van der Waals surface area contributed by atoms with Crippen molar-refractivity contribution in [1.29, 1.82) is 0 Å². The number of benzene rings is 3. The van der Waals surface area contributed by atoms with Crippen LogP contribution in [-0.4, -0.2) is 34.7 Å². The second kappa shape index (κ2) is 9.46. The summed E-state index contributed by atoms with van der Waals surface area (Å²) in [7, 11) is 0. The molecule has 0 aliphatic carbocycles. The second-order valence-corrected chi connectivity index (χ2v) is 9.31. The van der Waals surface area contributed by atoms with Gasteiger partial charge in [0.1, 0.15) is 5.82 Å². The fourth-order valence-corrected chi connectivity index (χ4v) is 4.84. The molecule has 0 bridgehead atoms. The van der Waals surface area contributed by atoms with Gasteiger partial charge in [-0.15, -0.1) is 0 Å². The van der Waals surface area contributed by atoms with Gasteiger partial charge in [-0.05, 0) is 42.8 Å². The van der Waals surface area contributed by atoms with Gasteiger partial charge in [-0.2, -0.15) is 0 Å². The molecule has 2 aliphatic rings. The number of carbonyl (C=O) groups is 1. The minimum absolute atomic E-state index is 0.136. The Bertz CT molecular complexity index is 1460. The normalized spacial score (nSPS) is 14.0. The van der Waals surface area contributed by atoms with Crippen LogP contribution in [0.15, 0.2) is 65.8 Å². The number of ether oxygens (including phenoxy) is 4. The lowest BCUT2D eigenvalue weighted by Crippen LogP contribution is -2.24. The molecule has 0 spiro atoms. The van der Waals surface area contributed by atoms with Gasteiger partial charge in [-0.25, -0.2) is 9.97 Å². The summed E-state index contributed by atoms with van der Waals surface area (Å²) in [5, 5.41) is 7.32. The van der Waals surface area contributed by atoms with Crippen molar-refractivity contribution in [2.75, 3.05) is 24.2 Å². The molecule has 10 heteroatoms. The van der Waals surface area contributed by atoms with E-state index in [9.17, 15) is 4.79 Å². The van der Waals surface area contributed by atoms with Crippen LogP contribution in [0.1, 0.15) is 13.3 Å². The van der Waals surface area contributed by atoms with Crippen LogP contribution in [0.2, 0.25) is 0 Å². The van der Waals surface area contributed by atoms with Crippen LogP contribution in [0.4, 0.5) is 17.2 Å². The summed E-state index contributed by atoms with van der Waals surface area (Å²) in [4.78, 5) is 22.6. The summed E-state index contributed by atoms with van der Waals surface area (Å²) in [5.41, 5.74) is 2.24. The lowest BCUT2D eigenvalue weighted by Gasteiger charge is -2.16. The number of nitrogens with zero attached hydrogens (tertiary/aromatic N) is 2. The Hall–Kier alpha value is -4.18. The van der Waals surface area contributed by atoms with E-state index in [1.54, 1.807) is 18.2 Å². The molecule has 2 N–H and O–H groups in total. The molecule has 182 valence electrons. The Kier molecular flexibility index (Phi) is 5.86. The number of nitrogens with one attached hydrogen (secondary N) is 2. The zero-order valence-corrected chi connectivity index (χ0v) is 20.1. The van der Waals surface area contributed by atoms with Gasteiger partial charge >= 0.3 is 0 Å². The van der Waals surface area contributed by atoms with Gasteiger partial charge < -0.3 is 29.6 Å². The lowest BCUT2D eigenvalue weighted by atomic mass is 10.2. The Morgan fingerprint density at radius 2 is 1.56 bits per heavy atom. The zero-order chi connectivity index (χ0) is 24.5. The van der Waals surface area contributed by atoms with Crippen LogP contribution < -0.4 is 29.6 Å². The van der Waals surface area contributed by atoms with Gasteiger partial charge in [0.15, 0.2) is 28.2 Å². The number of amides is 1. The van der Waals surface area contributed by atoms with Crippen molar-refractivity contribution in [1.82, 2.24) is 9.97 Å². The topological polar surface area (TPSA) is 104 Å². The SMILES string of the molecule is CC[C@@H](Sc1nc(Nc2ccc3c(c2)OCO3)c2ccccc2n1)C(=O)Nc1ccc2c(c1)OCO2. The van der Waals surface area contributed by atoms with E-state index in [1.807, 2.05) is 49.4 Å². The summed E-state index contributed by atoms with van der Waals surface area (Å²) < 4.78 is 21.7. The highest BCUT2D eigenvalue weighted by atomic mass is 32.2. The molecule has 0 saturated heterocycles. The maximum absolute atomic E-state index is 13.1. The number of carbonyl (C=O) groups excluding carboxylic acids is 1. The number of fused-ring (bicyclic) bond motifs is 3. The number of hydrogen-bond donors (Lipinski definition) is 2.